The number of amides is 1. The molecule has 9 heteroatoms. The number of hydrogen-bond donors (Lipinski definition) is 0. The molecular weight excluding hydrogens is 418 g/mol. The first-order valence-corrected chi connectivity index (χ1v) is 11.8. The topological polar surface area (TPSA) is 77.8 Å². The molecule has 28 heavy (non-hydrogen) atoms. The van der Waals surface area contributed by atoms with Gasteiger partial charge < -0.3 is 14.2 Å². The standard InChI is InChI=1S/C19H28ClN3O3S2/c1-17(2,3)26-16(24)23-9-7-19(8-10-23)11-12-13(27-15(20)21-12)14(19)22-28(25)18(4,5)6/h7-11H2,1-6H3. The van der Waals surface area contributed by atoms with Gasteiger partial charge >= 0.3 is 6.09 Å². The van der Waals surface area contributed by atoms with Crippen LogP contribution in [0.15, 0.2) is 4.40 Å². The Bertz CT molecular complexity index is 787. The molecule has 1 aromatic heterocycles. The molecule has 0 N–H and O–H groups in total. The van der Waals surface area contributed by atoms with Crippen molar-refractivity contribution in [2.75, 3.05) is 13.1 Å². The molecule has 3 rings (SSSR count). The molecule has 0 bridgehead atoms. The van der Waals surface area contributed by atoms with E-state index in [0.29, 0.717) is 17.6 Å². The highest BCUT2D eigenvalue weighted by atomic mass is 35.5. The summed E-state index contributed by atoms with van der Waals surface area (Å²) in [6, 6.07) is 0. The second kappa shape index (κ2) is 7.45. The molecular formula is C19H28ClN3O3S2. The number of ether oxygens (including phenoxy) is 1. The lowest BCUT2D eigenvalue weighted by atomic mass is 9.75. The van der Waals surface area contributed by atoms with Crippen molar-refractivity contribution in [2.24, 2.45) is 9.81 Å². The van der Waals surface area contributed by atoms with Crippen molar-refractivity contribution in [1.82, 2.24) is 9.88 Å². The third kappa shape index (κ3) is 4.50. The summed E-state index contributed by atoms with van der Waals surface area (Å²) >= 11 is 6.17. The van der Waals surface area contributed by atoms with E-state index in [1.54, 1.807) is 4.90 Å². The normalized spacial score (nSPS) is 21.9. The van der Waals surface area contributed by atoms with Crippen molar-refractivity contribution in [3.63, 3.8) is 0 Å². The van der Waals surface area contributed by atoms with Crippen molar-refractivity contribution in [1.29, 1.82) is 0 Å². The molecule has 1 spiro atoms. The van der Waals surface area contributed by atoms with Crippen LogP contribution in [0.4, 0.5) is 4.79 Å². The molecule has 1 aliphatic carbocycles. The minimum atomic E-state index is -1.37. The summed E-state index contributed by atoms with van der Waals surface area (Å²) in [4.78, 5) is 19.6. The molecule has 0 saturated carbocycles. The Morgan fingerprint density at radius 2 is 1.89 bits per heavy atom. The lowest BCUT2D eigenvalue weighted by molar-refractivity contribution is 0.0159. The van der Waals surface area contributed by atoms with Crippen LogP contribution in [-0.2, 0) is 22.5 Å². The second-order valence-electron chi connectivity index (χ2n) is 9.47. The average Bonchev–Trinajstić information content (AvgIpc) is 3.00. The number of rotatable bonds is 1. The van der Waals surface area contributed by atoms with Gasteiger partial charge in [-0.05, 0) is 54.4 Å². The average molecular weight is 446 g/mol. The van der Waals surface area contributed by atoms with Gasteiger partial charge in [0.1, 0.15) is 27.4 Å². The Balaban J connectivity index is 1.84. The van der Waals surface area contributed by atoms with Gasteiger partial charge in [-0.25, -0.2) is 9.78 Å². The maximum atomic E-state index is 12.8. The van der Waals surface area contributed by atoms with Crippen LogP contribution < -0.4 is 0 Å². The van der Waals surface area contributed by atoms with Crippen molar-refractivity contribution >= 4 is 46.1 Å². The highest BCUT2D eigenvalue weighted by molar-refractivity contribution is 7.91. The van der Waals surface area contributed by atoms with Gasteiger partial charge in [0.15, 0.2) is 4.47 Å². The van der Waals surface area contributed by atoms with Gasteiger partial charge in [0.05, 0.1) is 10.6 Å². The molecule has 1 saturated heterocycles. The third-order valence-corrected chi connectivity index (χ3v) is 7.57. The molecule has 1 aromatic rings. The third-order valence-electron chi connectivity index (χ3n) is 4.96. The van der Waals surface area contributed by atoms with Crippen LogP contribution >= 0.6 is 22.9 Å². The van der Waals surface area contributed by atoms with E-state index in [1.807, 2.05) is 41.5 Å². The second-order valence-corrected chi connectivity index (χ2v) is 13.0. The summed E-state index contributed by atoms with van der Waals surface area (Å²) in [6.45, 7) is 12.5. The maximum absolute atomic E-state index is 12.8. The number of hydrogen-bond acceptors (Lipinski definition) is 6. The molecule has 1 fully saturated rings. The van der Waals surface area contributed by atoms with E-state index in [9.17, 15) is 9.35 Å². The molecule has 1 atom stereocenters. The number of carbonyl (C=O) groups is 1. The Morgan fingerprint density at radius 1 is 1.29 bits per heavy atom. The molecule has 156 valence electrons. The zero-order chi connectivity index (χ0) is 20.9. The highest BCUT2D eigenvalue weighted by Crippen LogP contribution is 2.48. The van der Waals surface area contributed by atoms with Gasteiger partial charge in [0.25, 0.3) is 0 Å². The molecule has 0 aromatic carbocycles. The molecule has 1 unspecified atom stereocenters. The first-order valence-electron chi connectivity index (χ1n) is 9.45. The maximum Gasteiger partial charge on any atom is 0.410 e. The minimum absolute atomic E-state index is 0.238. The predicted octanol–water partition coefficient (Wildman–Crippen LogP) is 4.62. The summed E-state index contributed by atoms with van der Waals surface area (Å²) in [5.41, 5.74) is 1.04. The zero-order valence-electron chi connectivity index (χ0n) is 17.3. The molecule has 0 radical (unpaired) electrons. The van der Waals surface area contributed by atoms with Crippen LogP contribution in [0, 0.1) is 5.41 Å². The fourth-order valence-electron chi connectivity index (χ4n) is 3.49. The Morgan fingerprint density at radius 3 is 2.43 bits per heavy atom. The number of carbonyl (C=O) groups excluding carboxylic acids is 1. The van der Waals surface area contributed by atoms with E-state index < -0.39 is 21.7 Å². The van der Waals surface area contributed by atoms with E-state index in [4.69, 9.17) is 16.3 Å². The Kier molecular flexibility index (Phi) is 5.82. The Hall–Kier alpha value is -0.830. The van der Waals surface area contributed by atoms with Crippen molar-refractivity contribution in [2.45, 2.75) is 71.2 Å². The molecule has 1 aliphatic heterocycles. The number of aromatic nitrogens is 1. The summed E-state index contributed by atoms with van der Waals surface area (Å²) < 4.78 is 23.0. The number of halogens is 1. The van der Waals surface area contributed by atoms with E-state index in [1.165, 1.54) is 11.3 Å². The quantitative estimate of drug-likeness (QED) is 0.591. The summed E-state index contributed by atoms with van der Waals surface area (Å²) in [6.07, 6.45) is 1.93. The van der Waals surface area contributed by atoms with Gasteiger partial charge in [0.2, 0.25) is 0 Å². The molecule has 1 amide bonds. The van der Waals surface area contributed by atoms with Crippen LogP contribution in [0.1, 0.15) is 65.0 Å². The van der Waals surface area contributed by atoms with E-state index in [-0.39, 0.29) is 11.5 Å². The van der Waals surface area contributed by atoms with Crippen LogP contribution in [-0.4, -0.2) is 49.7 Å². The van der Waals surface area contributed by atoms with Gasteiger partial charge in [-0.2, -0.15) is 0 Å². The molecule has 2 heterocycles. The largest absolute Gasteiger partial charge is 0.591 e. The molecule has 6 nitrogen and oxygen atoms in total. The van der Waals surface area contributed by atoms with Crippen LogP contribution in [0.5, 0.6) is 0 Å². The van der Waals surface area contributed by atoms with E-state index >= 15 is 0 Å². The Labute approximate surface area is 179 Å². The lowest BCUT2D eigenvalue weighted by Gasteiger charge is -2.39. The fraction of sp³-hybridized carbons (Fsp3) is 0.737. The van der Waals surface area contributed by atoms with Crippen molar-refractivity contribution in [3.05, 3.63) is 15.0 Å². The van der Waals surface area contributed by atoms with Gasteiger partial charge in [0, 0.05) is 24.9 Å². The SMILES string of the molecule is CC(C)(C)OC(=O)N1CCC2(CC1)Cc1nc(Cl)sc1C2=N[S+]([O-])C(C)(C)C. The van der Waals surface area contributed by atoms with E-state index in [0.717, 1.165) is 35.5 Å². The number of piperidine rings is 1. The van der Waals surface area contributed by atoms with Gasteiger partial charge in [-0.3, -0.25) is 0 Å². The zero-order valence-corrected chi connectivity index (χ0v) is 19.7. The summed E-state index contributed by atoms with van der Waals surface area (Å²) in [5.74, 6) is 0. The predicted molar refractivity (Wildman–Crippen MR) is 115 cm³/mol. The first-order chi connectivity index (χ1) is 12.8. The highest BCUT2D eigenvalue weighted by Gasteiger charge is 2.50. The van der Waals surface area contributed by atoms with Gasteiger partial charge in [-0.1, -0.05) is 16.0 Å². The van der Waals surface area contributed by atoms with Gasteiger partial charge in [-0.15, -0.1) is 11.3 Å². The monoisotopic (exact) mass is 445 g/mol. The smallest absolute Gasteiger partial charge is 0.410 e. The first kappa shape index (κ1) is 21.9. The van der Waals surface area contributed by atoms with Crippen LogP contribution in [0.25, 0.3) is 0 Å². The summed E-state index contributed by atoms with van der Waals surface area (Å²) in [7, 11) is 0. The minimum Gasteiger partial charge on any atom is -0.591 e. The van der Waals surface area contributed by atoms with E-state index in [2.05, 4.69) is 9.38 Å². The van der Waals surface area contributed by atoms with Crippen LogP contribution in [0.3, 0.4) is 0 Å². The summed E-state index contributed by atoms with van der Waals surface area (Å²) in [5, 5.41) is 0. The number of nitrogens with zero attached hydrogens (tertiary/aromatic N) is 3. The van der Waals surface area contributed by atoms with Crippen molar-refractivity contribution < 1.29 is 14.1 Å². The number of thiazole rings is 1. The number of likely N-dealkylation sites (tertiary alicyclic amines) is 1. The van der Waals surface area contributed by atoms with Crippen LogP contribution in [0.2, 0.25) is 4.47 Å². The number of fused-ring (bicyclic) bond motifs is 1. The van der Waals surface area contributed by atoms with Crippen molar-refractivity contribution in [3.8, 4) is 0 Å². The lowest BCUT2D eigenvalue weighted by Crippen LogP contribution is -2.47. The fourth-order valence-corrected chi connectivity index (χ4v) is 5.52. The molecule has 2 aliphatic rings.